The minimum absolute atomic E-state index is 0.0209. The summed E-state index contributed by atoms with van der Waals surface area (Å²) in [5.41, 5.74) is 4.58. The van der Waals surface area contributed by atoms with E-state index in [4.69, 9.17) is 5.41 Å². The Labute approximate surface area is 192 Å². The van der Waals surface area contributed by atoms with Crippen molar-refractivity contribution < 1.29 is 5.11 Å². The number of anilines is 1. The highest BCUT2D eigenvalue weighted by molar-refractivity contribution is 5.97. The normalized spacial score (nSPS) is 20.4. The van der Waals surface area contributed by atoms with Gasteiger partial charge in [0, 0.05) is 56.6 Å². The summed E-state index contributed by atoms with van der Waals surface area (Å²) >= 11 is 0. The summed E-state index contributed by atoms with van der Waals surface area (Å²) in [5, 5.41) is 20.9. The van der Waals surface area contributed by atoms with Gasteiger partial charge in [-0.05, 0) is 37.0 Å². The molecule has 33 heavy (non-hydrogen) atoms. The lowest BCUT2D eigenvalue weighted by Gasteiger charge is -2.54. The number of nitrogens with one attached hydrogen (secondary N) is 3. The van der Waals surface area contributed by atoms with Crippen LogP contribution >= 0.6 is 0 Å². The zero-order chi connectivity index (χ0) is 23.1. The van der Waals surface area contributed by atoms with E-state index in [0.717, 1.165) is 60.3 Å². The van der Waals surface area contributed by atoms with E-state index in [0.29, 0.717) is 18.5 Å². The summed E-state index contributed by atoms with van der Waals surface area (Å²) in [7, 11) is 1.64. The monoisotopic (exact) mass is 447 g/mol. The minimum Gasteiger partial charge on any atom is -0.505 e. The van der Waals surface area contributed by atoms with E-state index in [1.807, 2.05) is 25.3 Å². The van der Waals surface area contributed by atoms with E-state index in [-0.39, 0.29) is 22.8 Å². The average molecular weight is 448 g/mol. The summed E-state index contributed by atoms with van der Waals surface area (Å²) in [4.78, 5) is 28.9. The predicted molar refractivity (Wildman–Crippen MR) is 128 cm³/mol. The summed E-state index contributed by atoms with van der Waals surface area (Å²) in [6.45, 7) is 4.48. The average Bonchev–Trinajstić information content (AvgIpc) is 2.79. The number of aromatic hydroxyl groups is 1. The van der Waals surface area contributed by atoms with E-state index >= 15 is 0 Å². The van der Waals surface area contributed by atoms with Crippen LogP contribution in [-0.4, -0.2) is 63.0 Å². The lowest BCUT2D eigenvalue weighted by atomic mass is 9.81. The summed E-state index contributed by atoms with van der Waals surface area (Å²) in [6, 6.07) is 6.43. The molecule has 0 unspecified atom stereocenters. The predicted octanol–water partition coefficient (Wildman–Crippen LogP) is 1.98. The molecule has 0 radical (unpaired) electrons. The number of aromatic nitrogens is 3. The quantitative estimate of drug-likeness (QED) is 0.349. The van der Waals surface area contributed by atoms with Crippen LogP contribution in [0.2, 0.25) is 0 Å². The Hall–Kier alpha value is -3.46. The molecule has 5 rings (SSSR count). The molecular formula is C24H29N7O2. The number of amidine groups is 1. The van der Waals surface area contributed by atoms with Crippen LogP contribution in [-0.2, 0) is 13.0 Å². The first-order chi connectivity index (χ1) is 16.0. The molecule has 4 heterocycles. The Morgan fingerprint density at radius 2 is 2.03 bits per heavy atom. The molecule has 9 nitrogen and oxygen atoms in total. The van der Waals surface area contributed by atoms with Crippen LogP contribution in [0, 0.1) is 5.41 Å². The van der Waals surface area contributed by atoms with Gasteiger partial charge in [0.2, 0.25) is 0 Å². The zero-order valence-electron chi connectivity index (χ0n) is 18.9. The van der Waals surface area contributed by atoms with Gasteiger partial charge in [-0.3, -0.25) is 20.1 Å². The van der Waals surface area contributed by atoms with Crippen molar-refractivity contribution in [1.82, 2.24) is 25.2 Å². The zero-order valence-corrected chi connectivity index (χ0v) is 18.9. The Morgan fingerprint density at radius 3 is 2.73 bits per heavy atom. The molecule has 4 N–H and O–H groups in total. The van der Waals surface area contributed by atoms with Crippen molar-refractivity contribution in [1.29, 1.82) is 5.41 Å². The summed E-state index contributed by atoms with van der Waals surface area (Å²) < 4.78 is 0. The fourth-order valence-electron chi connectivity index (χ4n) is 5.00. The van der Waals surface area contributed by atoms with Crippen LogP contribution in [0.5, 0.6) is 5.75 Å². The van der Waals surface area contributed by atoms with Gasteiger partial charge in [-0.1, -0.05) is 6.92 Å². The van der Waals surface area contributed by atoms with Crippen molar-refractivity contribution in [3.63, 3.8) is 0 Å². The van der Waals surface area contributed by atoms with Gasteiger partial charge in [0.05, 0.1) is 22.9 Å². The van der Waals surface area contributed by atoms with E-state index in [9.17, 15) is 9.90 Å². The van der Waals surface area contributed by atoms with Crippen LogP contribution in [0.25, 0.3) is 11.0 Å². The molecule has 1 saturated heterocycles. The van der Waals surface area contributed by atoms with Gasteiger partial charge in [-0.25, -0.2) is 4.98 Å². The number of hydrogen-bond acceptors (Lipinski definition) is 7. The van der Waals surface area contributed by atoms with Crippen molar-refractivity contribution in [2.45, 2.75) is 44.8 Å². The van der Waals surface area contributed by atoms with E-state index in [1.54, 1.807) is 19.3 Å². The molecule has 1 aliphatic heterocycles. The molecule has 3 aromatic heterocycles. The van der Waals surface area contributed by atoms with Crippen LogP contribution in [0.3, 0.4) is 0 Å². The first-order valence-electron chi connectivity index (χ1n) is 11.5. The second-order valence-corrected chi connectivity index (χ2v) is 8.82. The number of piperazine rings is 1. The smallest absolute Gasteiger partial charge is 0.251 e. The molecule has 2 aliphatic rings. The maximum atomic E-state index is 12.2. The van der Waals surface area contributed by atoms with Crippen LogP contribution in [0.1, 0.15) is 36.6 Å². The Bertz CT molecular complexity index is 1270. The number of aromatic amines is 1. The first kappa shape index (κ1) is 21.4. The number of fused-ring (bicyclic) bond motifs is 2. The van der Waals surface area contributed by atoms with Gasteiger partial charge in [-0.15, -0.1) is 0 Å². The van der Waals surface area contributed by atoms with Gasteiger partial charge in [0.15, 0.2) is 0 Å². The fourth-order valence-corrected chi connectivity index (χ4v) is 5.00. The lowest BCUT2D eigenvalue weighted by Crippen LogP contribution is -2.64. The fraction of sp³-hybridized carbons (Fsp3) is 0.417. The minimum atomic E-state index is -0.0376. The second kappa shape index (κ2) is 8.47. The number of nitrogens with zero attached hydrogens (tertiary/aromatic N) is 4. The van der Waals surface area contributed by atoms with Crippen molar-refractivity contribution in [2.24, 2.45) is 0 Å². The highest BCUT2D eigenvalue weighted by Gasteiger charge is 2.43. The standard InChI is InChI=1S/C24H29N7O2/c1-3-15-9-17-18(29-24(15)33)8-14(11-27-17)13-30-6-7-31(20-5-4-19(20)30)16-10-21(32)22(28-12-16)23(25)26-2/h8-12,19-20,32H,3-7,13H2,1-2H3,(H2,25,26)(H,29,33)/t19-,20-/m0/s1. The molecular weight excluding hydrogens is 418 g/mol. The number of hydrogen-bond donors (Lipinski definition) is 4. The van der Waals surface area contributed by atoms with Crippen LogP contribution in [0.15, 0.2) is 35.4 Å². The van der Waals surface area contributed by atoms with Gasteiger partial charge >= 0.3 is 0 Å². The Morgan fingerprint density at radius 1 is 1.21 bits per heavy atom. The van der Waals surface area contributed by atoms with E-state index in [1.165, 1.54) is 0 Å². The maximum absolute atomic E-state index is 12.2. The third-order valence-corrected chi connectivity index (χ3v) is 6.96. The van der Waals surface area contributed by atoms with E-state index < -0.39 is 0 Å². The molecule has 0 bridgehead atoms. The molecule has 0 spiro atoms. The van der Waals surface area contributed by atoms with Crippen LogP contribution in [0.4, 0.5) is 5.69 Å². The molecule has 172 valence electrons. The molecule has 1 saturated carbocycles. The van der Waals surface area contributed by atoms with Gasteiger partial charge in [0.25, 0.3) is 5.56 Å². The topological polar surface area (TPSA) is 121 Å². The number of rotatable bonds is 5. The number of aryl methyl sites for hydroxylation is 1. The van der Waals surface area contributed by atoms with Crippen molar-refractivity contribution in [2.75, 3.05) is 25.0 Å². The maximum Gasteiger partial charge on any atom is 0.251 e. The number of pyridine rings is 3. The molecule has 2 fully saturated rings. The van der Waals surface area contributed by atoms with Gasteiger partial charge in [0.1, 0.15) is 17.3 Å². The highest BCUT2D eigenvalue weighted by Crippen LogP contribution is 2.38. The Balaban J connectivity index is 1.32. The lowest BCUT2D eigenvalue weighted by molar-refractivity contribution is 0.0658. The third kappa shape index (κ3) is 3.82. The second-order valence-electron chi connectivity index (χ2n) is 8.82. The molecule has 9 heteroatoms. The van der Waals surface area contributed by atoms with Gasteiger partial charge in [-0.2, -0.15) is 0 Å². The molecule has 0 amide bonds. The molecule has 2 atom stereocenters. The van der Waals surface area contributed by atoms with E-state index in [2.05, 4.69) is 30.1 Å². The summed E-state index contributed by atoms with van der Waals surface area (Å²) in [6.07, 6.45) is 6.58. The van der Waals surface area contributed by atoms with Gasteiger partial charge < -0.3 is 20.3 Å². The summed E-state index contributed by atoms with van der Waals surface area (Å²) in [5.74, 6) is 0.120. The highest BCUT2D eigenvalue weighted by atomic mass is 16.3. The largest absolute Gasteiger partial charge is 0.505 e. The number of H-pyrrole nitrogens is 1. The van der Waals surface area contributed by atoms with Crippen LogP contribution < -0.4 is 15.8 Å². The first-order valence-corrected chi connectivity index (χ1v) is 11.5. The molecule has 3 aromatic rings. The van der Waals surface area contributed by atoms with Crippen molar-refractivity contribution in [3.05, 3.63) is 57.8 Å². The van der Waals surface area contributed by atoms with Crippen molar-refractivity contribution >= 4 is 22.6 Å². The SMILES string of the molecule is CCc1cc2ncc(CN3CCN(c4cnc(C(=N)NC)c(O)c4)[C@H]4CC[C@@H]43)cc2[nH]c1=O. The van der Waals surface area contributed by atoms with Crippen molar-refractivity contribution in [3.8, 4) is 5.75 Å². The Kier molecular flexibility index (Phi) is 5.49. The molecule has 0 aromatic carbocycles. The molecule has 1 aliphatic carbocycles. The third-order valence-electron chi connectivity index (χ3n) is 6.96.